The third-order valence-corrected chi connectivity index (χ3v) is 9.73. The summed E-state index contributed by atoms with van der Waals surface area (Å²) in [4.78, 5) is 84.1. The summed E-state index contributed by atoms with van der Waals surface area (Å²) in [6.45, 7) is 3.30. The second-order valence-electron chi connectivity index (χ2n) is 11.9. The number of methoxy groups -OCH3 is 2. The number of Topliss-reactive ketones (excluding diaryl/α,β-unsaturated/α-hetero) is 1. The molecule has 226 valence electrons. The Morgan fingerprint density at radius 1 is 0.886 bits per heavy atom. The molecule has 1 fully saturated rings. The van der Waals surface area contributed by atoms with E-state index in [0.29, 0.717) is 22.4 Å². The van der Waals surface area contributed by atoms with Gasteiger partial charge in [-0.2, -0.15) is 0 Å². The number of anilines is 1. The summed E-state index contributed by atoms with van der Waals surface area (Å²) >= 11 is 0. The summed E-state index contributed by atoms with van der Waals surface area (Å²) in [5.74, 6) is -8.72. The van der Waals surface area contributed by atoms with E-state index < -0.39 is 76.5 Å². The first-order valence-electron chi connectivity index (χ1n) is 14.5. The number of ether oxygens (including phenoxy) is 2. The first-order chi connectivity index (χ1) is 21.0. The molecule has 7 atom stereocenters. The minimum Gasteiger partial charge on any atom is -0.469 e. The van der Waals surface area contributed by atoms with Gasteiger partial charge in [-0.25, -0.2) is 4.79 Å². The Hall–Kier alpha value is -4.86. The molecule has 0 saturated carbocycles. The van der Waals surface area contributed by atoms with Crippen LogP contribution < -0.4 is 10.2 Å². The normalized spacial score (nSPS) is 30.7. The zero-order valence-electron chi connectivity index (χ0n) is 24.7. The molecule has 2 aromatic rings. The van der Waals surface area contributed by atoms with Crippen LogP contribution in [-0.4, -0.2) is 55.2 Å². The van der Waals surface area contributed by atoms with E-state index >= 15 is 0 Å². The highest BCUT2D eigenvalue weighted by atomic mass is 16.5. The second-order valence-corrected chi connectivity index (χ2v) is 11.9. The van der Waals surface area contributed by atoms with E-state index in [1.165, 1.54) is 20.3 Å². The maximum absolute atomic E-state index is 14.6. The molecule has 0 spiro atoms. The molecule has 10 nitrogen and oxygen atoms in total. The highest BCUT2D eigenvalue weighted by Gasteiger charge is 2.67. The molecule has 6 rings (SSSR count). The average molecular weight is 597 g/mol. The fraction of sp³-hybridized carbons (Fsp3) is 0.353. The first kappa shape index (κ1) is 29.2. The van der Waals surface area contributed by atoms with E-state index in [0.717, 1.165) is 4.90 Å². The summed E-state index contributed by atoms with van der Waals surface area (Å²) in [6, 6.07) is 16.9. The number of imide groups is 1. The van der Waals surface area contributed by atoms with Gasteiger partial charge in [-0.15, -0.1) is 0 Å². The number of carbonyl (C=O) groups is 6. The Labute approximate surface area is 254 Å². The van der Waals surface area contributed by atoms with E-state index in [1.54, 1.807) is 74.5 Å². The summed E-state index contributed by atoms with van der Waals surface area (Å²) in [6.07, 6.45) is 1.40. The van der Waals surface area contributed by atoms with Crippen molar-refractivity contribution < 1.29 is 38.2 Å². The quantitative estimate of drug-likeness (QED) is 0.411. The third-order valence-electron chi connectivity index (χ3n) is 9.73. The minimum absolute atomic E-state index is 0.0406. The maximum Gasteiger partial charge on any atom is 0.333 e. The number of para-hydroxylation sites is 1. The Bertz CT molecular complexity index is 1660. The molecule has 10 heteroatoms. The van der Waals surface area contributed by atoms with Crippen LogP contribution >= 0.6 is 0 Å². The third kappa shape index (κ3) is 4.15. The van der Waals surface area contributed by atoms with Crippen molar-refractivity contribution in [3.8, 4) is 0 Å². The first-order valence-corrected chi connectivity index (χ1v) is 14.5. The van der Waals surface area contributed by atoms with Gasteiger partial charge in [0.2, 0.25) is 11.8 Å². The number of benzene rings is 2. The zero-order chi connectivity index (χ0) is 31.5. The molecule has 0 aromatic heterocycles. The number of ketones is 1. The monoisotopic (exact) mass is 596 g/mol. The molecule has 2 aromatic carbocycles. The molecule has 1 N–H and O–H groups in total. The van der Waals surface area contributed by atoms with Crippen molar-refractivity contribution in [2.45, 2.75) is 25.8 Å². The predicted molar refractivity (Wildman–Crippen MR) is 157 cm³/mol. The standard InChI is InChI=1S/C34H32N2O8/c1-17-23-25-21(26-24(17)30(39)36(31(26)40)20-13-9-6-10-14-20)15-19(32(41)43-3)16-22(33(42)44-4)27(25)34(2,28(23)37)35-29(38)18-11-7-5-8-12-18/h5-14,16-17,21-22,24,26-27H,15H2,1-4H3,(H,35,38)/t17-,21+,22+,24-,26+,27+,34-/m1/s1. The van der Waals surface area contributed by atoms with Crippen molar-refractivity contribution in [2.75, 3.05) is 19.1 Å². The highest BCUT2D eigenvalue weighted by Crippen LogP contribution is 2.60. The summed E-state index contributed by atoms with van der Waals surface area (Å²) in [7, 11) is 2.42. The van der Waals surface area contributed by atoms with Gasteiger partial charge in [0.25, 0.3) is 5.91 Å². The number of rotatable bonds is 5. The van der Waals surface area contributed by atoms with Crippen molar-refractivity contribution in [2.24, 2.45) is 35.5 Å². The molecule has 0 unspecified atom stereocenters. The van der Waals surface area contributed by atoms with Crippen LogP contribution in [0.1, 0.15) is 30.6 Å². The fourth-order valence-corrected chi connectivity index (χ4v) is 7.86. The van der Waals surface area contributed by atoms with Crippen LogP contribution in [0, 0.1) is 35.5 Å². The molecule has 0 radical (unpaired) electrons. The van der Waals surface area contributed by atoms with Crippen LogP contribution in [0.4, 0.5) is 5.69 Å². The lowest BCUT2D eigenvalue weighted by Gasteiger charge is -2.39. The van der Waals surface area contributed by atoms with Gasteiger partial charge < -0.3 is 14.8 Å². The minimum atomic E-state index is -1.66. The molecule has 3 aliphatic carbocycles. The van der Waals surface area contributed by atoms with Gasteiger partial charge in [0, 0.05) is 22.6 Å². The highest BCUT2D eigenvalue weighted by molar-refractivity contribution is 6.24. The Morgan fingerprint density at radius 2 is 1.50 bits per heavy atom. The van der Waals surface area contributed by atoms with Crippen LogP contribution in [0.15, 0.2) is 83.5 Å². The van der Waals surface area contributed by atoms with Crippen LogP contribution in [0.25, 0.3) is 0 Å². The molecular weight excluding hydrogens is 564 g/mol. The maximum atomic E-state index is 14.6. The van der Waals surface area contributed by atoms with E-state index in [1.807, 2.05) is 0 Å². The van der Waals surface area contributed by atoms with Crippen LogP contribution in [0.5, 0.6) is 0 Å². The number of hydrogen-bond donors (Lipinski definition) is 1. The molecule has 44 heavy (non-hydrogen) atoms. The summed E-state index contributed by atoms with van der Waals surface area (Å²) < 4.78 is 10.2. The number of nitrogens with one attached hydrogen (secondary N) is 1. The van der Waals surface area contributed by atoms with Gasteiger partial charge in [0.05, 0.1) is 37.7 Å². The van der Waals surface area contributed by atoms with E-state index in [-0.39, 0.29) is 12.0 Å². The number of esters is 2. The Balaban J connectivity index is 1.55. The van der Waals surface area contributed by atoms with Crippen LogP contribution in [0.3, 0.4) is 0 Å². The average Bonchev–Trinajstić information content (AvgIpc) is 3.33. The van der Waals surface area contributed by atoms with Gasteiger partial charge in [-0.1, -0.05) is 55.0 Å². The fourth-order valence-electron chi connectivity index (χ4n) is 7.86. The van der Waals surface area contributed by atoms with E-state index in [2.05, 4.69) is 5.32 Å². The molecule has 0 bridgehead atoms. The molecule has 1 heterocycles. The van der Waals surface area contributed by atoms with Crippen molar-refractivity contribution in [1.82, 2.24) is 5.32 Å². The molecular formula is C34H32N2O8. The molecule has 1 saturated heterocycles. The lowest BCUT2D eigenvalue weighted by Crippen LogP contribution is -2.57. The number of nitrogens with zero attached hydrogens (tertiary/aromatic N) is 1. The van der Waals surface area contributed by atoms with Crippen LogP contribution in [0.2, 0.25) is 0 Å². The topological polar surface area (TPSA) is 136 Å². The number of fused-ring (bicyclic) bond motifs is 2. The summed E-state index contributed by atoms with van der Waals surface area (Å²) in [5.41, 5.74) is 0.00465. The molecule has 1 aliphatic heterocycles. The zero-order valence-corrected chi connectivity index (χ0v) is 24.7. The van der Waals surface area contributed by atoms with Crippen molar-refractivity contribution >= 4 is 41.1 Å². The molecule has 4 aliphatic rings. The van der Waals surface area contributed by atoms with Crippen LogP contribution in [-0.2, 0) is 33.4 Å². The lowest BCUT2D eigenvalue weighted by atomic mass is 9.62. The summed E-state index contributed by atoms with van der Waals surface area (Å²) in [5, 5.41) is 2.91. The Kier molecular flexibility index (Phi) is 7.10. The number of carbonyl (C=O) groups excluding carboxylic acids is 6. The number of amides is 3. The van der Waals surface area contributed by atoms with Crippen molar-refractivity contribution in [3.05, 3.63) is 89.0 Å². The van der Waals surface area contributed by atoms with E-state index in [9.17, 15) is 28.8 Å². The van der Waals surface area contributed by atoms with E-state index in [4.69, 9.17) is 9.47 Å². The molecule has 3 amide bonds. The van der Waals surface area contributed by atoms with Gasteiger partial charge >= 0.3 is 11.9 Å². The van der Waals surface area contributed by atoms with Gasteiger partial charge in [-0.3, -0.25) is 28.9 Å². The SMILES string of the molecule is COC(=O)C1=C[C@H](C(=O)OC)[C@H]2C3=C(C(=O)[C@]2(C)NC(=O)c2ccccc2)[C@@H](C)[C@H]2C(=O)N(c4ccccc4)C(=O)[C@H]2[C@H]3C1. The predicted octanol–water partition coefficient (Wildman–Crippen LogP) is 3.03. The largest absolute Gasteiger partial charge is 0.469 e. The second kappa shape index (κ2) is 10.7. The van der Waals surface area contributed by atoms with Gasteiger partial charge in [-0.05, 0) is 49.4 Å². The van der Waals surface area contributed by atoms with Gasteiger partial charge in [0.15, 0.2) is 5.78 Å². The van der Waals surface area contributed by atoms with Gasteiger partial charge in [0.1, 0.15) is 5.54 Å². The van der Waals surface area contributed by atoms with Crippen molar-refractivity contribution in [3.63, 3.8) is 0 Å². The smallest absolute Gasteiger partial charge is 0.333 e. The number of hydrogen-bond acceptors (Lipinski definition) is 8. The Morgan fingerprint density at radius 3 is 2.11 bits per heavy atom. The lowest BCUT2D eigenvalue weighted by molar-refractivity contribution is -0.146. The van der Waals surface area contributed by atoms with Crippen molar-refractivity contribution in [1.29, 1.82) is 0 Å².